The molecule has 8 heteroatoms. The maximum Gasteiger partial charge on any atom is 0.410 e. The van der Waals surface area contributed by atoms with Gasteiger partial charge in [-0.3, -0.25) is 0 Å². The van der Waals surface area contributed by atoms with Crippen LogP contribution in [0.4, 0.5) is 9.18 Å². The van der Waals surface area contributed by atoms with Gasteiger partial charge in [0.1, 0.15) is 5.82 Å². The second kappa shape index (κ2) is 8.92. The summed E-state index contributed by atoms with van der Waals surface area (Å²) in [5, 5.41) is 0. The van der Waals surface area contributed by atoms with Crippen LogP contribution < -0.4 is 4.72 Å². The molecule has 0 spiro atoms. The number of sulfonamides is 1. The van der Waals surface area contributed by atoms with Crippen LogP contribution in [0, 0.1) is 5.82 Å². The third kappa shape index (κ3) is 5.55. The van der Waals surface area contributed by atoms with Crippen molar-refractivity contribution in [3.05, 3.63) is 59.9 Å². The lowest BCUT2D eigenvalue weighted by Gasteiger charge is -2.28. The molecule has 0 aromatic heterocycles. The Morgan fingerprint density at radius 3 is 2.59 bits per heavy atom. The van der Waals surface area contributed by atoms with Crippen molar-refractivity contribution in [1.82, 2.24) is 9.62 Å². The van der Waals surface area contributed by atoms with E-state index in [0.29, 0.717) is 24.9 Å². The van der Waals surface area contributed by atoms with Gasteiger partial charge in [0.25, 0.3) is 0 Å². The van der Waals surface area contributed by atoms with Crippen LogP contribution in [-0.2, 0) is 21.2 Å². The molecule has 2 atom stereocenters. The molecule has 0 bridgehead atoms. The highest BCUT2D eigenvalue weighted by Gasteiger charge is 2.39. The molecule has 1 aliphatic rings. The number of nitrogens with one attached hydrogen (secondary N) is 1. The molecule has 1 N–H and O–H groups in total. The van der Waals surface area contributed by atoms with E-state index in [2.05, 4.69) is 4.72 Å². The van der Waals surface area contributed by atoms with Crippen LogP contribution >= 0.6 is 0 Å². The van der Waals surface area contributed by atoms with Crippen molar-refractivity contribution in [2.75, 3.05) is 19.4 Å². The maximum absolute atomic E-state index is 14.3. The Labute approximate surface area is 170 Å². The first-order valence-electron chi connectivity index (χ1n) is 9.52. The Morgan fingerprint density at radius 2 is 1.93 bits per heavy atom. The molecule has 6 nitrogen and oxygen atoms in total. The van der Waals surface area contributed by atoms with E-state index in [-0.39, 0.29) is 12.4 Å². The number of hydrogen-bond donors (Lipinski definition) is 1. The van der Waals surface area contributed by atoms with Crippen LogP contribution in [0.15, 0.2) is 48.5 Å². The average Bonchev–Trinajstić information content (AvgIpc) is 3.03. The van der Waals surface area contributed by atoms with Gasteiger partial charge in [-0.25, -0.2) is 22.3 Å². The first-order chi connectivity index (χ1) is 13.8. The van der Waals surface area contributed by atoms with Gasteiger partial charge in [0.2, 0.25) is 10.0 Å². The van der Waals surface area contributed by atoms with Gasteiger partial charge in [0.15, 0.2) is 0 Å². The minimum atomic E-state index is -3.46. The van der Waals surface area contributed by atoms with E-state index in [1.54, 1.807) is 6.92 Å². The predicted octanol–water partition coefficient (Wildman–Crippen LogP) is 3.18. The van der Waals surface area contributed by atoms with Crippen LogP contribution in [0.2, 0.25) is 0 Å². The van der Waals surface area contributed by atoms with Gasteiger partial charge < -0.3 is 9.64 Å². The first-order valence-corrected chi connectivity index (χ1v) is 11.4. The molecule has 3 rings (SSSR count). The second-order valence-electron chi connectivity index (χ2n) is 7.16. The van der Waals surface area contributed by atoms with Gasteiger partial charge in [0, 0.05) is 12.6 Å². The third-order valence-corrected chi connectivity index (χ3v) is 5.65. The topological polar surface area (TPSA) is 75.7 Å². The van der Waals surface area contributed by atoms with E-state index in [9.17, 15) is 17.6 Å². The van der Waals surface area contributed by atoms with E-state index in [1.807, 2.05) is 36.4 Å². The van der Waals surface area contributed by atoms with Crippen molar-refractivity contribution in [2.24, 2.45) is 0 Å². The Kier molecular flexibility index (Phi) is 6.54. The monoisotopic (exact) mass is 420 g/mol. The quantitative estimate of drug-likeness (QED) is 0.779. The highest BCUT2D eigenvalue weighted by Crippen LogP contribution is 2.27. The van der Waals surface area contributed by atoms with E-state index in [4.69, 9.17) is 4.74 Å². The molecule has 0 unspecified atom stereocenters. The number of carbonyl (C=O) groups excluding carboxylic acids is 1. The number of likely N-dealkylation sites (tertiary alicyclic amines) is 1. The van der Waals surface area contributed by atoms with Crippen LogP contribution in [0.3, 0.4) is 0 Å². The lowest BCUT2D eigenvalue weighted by atomic mass is 9.97. The summed E-state index contributed by atoms with van der Waals surface area (Å²) in [6.07, 6.45) is 1.38. The maximum atomic E-state index is 14.3. The normalized spacial score (nSPS) is 19.3. The van der Waals surface area contributed by atoms with Gasteiger partial charge in [-0.05, 0) is 48.6 Å². The Bertz CT molecular complexity index is 966. The summed E-state index contributed by atoms with van der Waals surface area (Å²) in [4.78, 5) is 13.9. The molecule has 0 radical (unpaired) electrons. The number of ether oxygens (including phenoxy) is 1. The summed E-state index contributed by atoms with van der Waals surface area (Å²) in [6, 6.07) is 13.3. The summed E-state index contributed by atoms with van der Waals surface area (Å²) < 4.78 is 45.6. The second-order valence-corrected chi connectivity index (χ2v) is 8.94. The van der Waals surface area contributed by atoms with Crippen molar-refractivity contribution in [1.29, 1.82) is 0 Å². The smallest absolute Gasteiger partial charge is 0.410 e. The molecule has 1 heterocycles. The van der Waals surface area contributed by atoms with Gasteiger partial charge in [-0.15, -0.1) is 0 Å². The zero-order valence-corrected chi connectivity index (χ0v) is 17.3. The zero-order chi connectivity index (χ0) is 21.0. The minimum Gasteiger partial charge on any atom is -0.450 e. The Morgan fingerprint density at radius 1 is 1.21 bits per heavy atom. The number of halogens is 1. The SMILES string of the molecule is CCOC(=O)N1CC[C@@H](NS(C)(=O)=O)[C@H]1Cc1cc(F)cc(-c2ccccc2)c1. The van der Waals surface area contributed by atoms with Gasteiger partial charge in [-0.2, -0.15) is 0 Å². The van der Waals surface area contributed by atoms with Crippen molar-refractivity contribution < 1.29 is 22.3 Å². The molecular weight excluding hydrogens is 395 g/mol. The standard InChI is InChI=1S/C21H25FN2O4S/c1-3-28-21(25)24-10-9-19(23-29(2,26)27)20(24)13-15-11-17(14-18(22)12-15)16-7-5-4-6-8-16/h4-8,11-12,14,19-20,23H,3,9-10,13H2,1-2H3/t19-,20-/m1/s1. The molecule has 2 aromatic carbocycles. The van der Waals surface area contributed by atoms with Crippen LogP contribution in [0.25, 0.3) is 11.1 Å². The van der Waals surface area contributed by atoms with E-state index >= 15 is 0 Å². The zero-order valence-electron chi connectivity index (χ0n) is 16.5. The van der Waals surface area contributed by atoms with E-state index in [0.717, 1.165) is 17.4 Å². The number of carbonyl (C=O) groups is 1. The number of nitrogens with zero attached hydrogens (tertiary/aromatic N) is 1. The molecule has 1 aliphatic heterocycles. The molecule has 156 valence electrons. The predicted molar refractivity (Wildman–Crippen MR) is 109 cm³/mol. The van der Waals surface area contributed by atoms with E-state index < -0.39 is 28.2 Å². The van der Waals surface area contributed by atoms with Gasteiger partial charge in [0.05, 0.1) is 18.9 Å². The number of hydrogen-bond acceptors (Lipinski definition) is 4. The lowest BCUT2D eigenvalue weighted by molar-refractivity contribution is 0.101. The Balaban J connectivity index is 1.91. The van der Waals surface area contributed by atoms with Crippen LogP contribution in [0.5, 0.6) is 0 Å². The number of benzene rings is 2. The van der Waals surface area contributed by atoms with Crippen molar-refractivity contribution in [3.63, 3.8) is 0 Å². The first kappa shape index (κ1) is 21.3. The highest BCUT2D eigenvalue weighted by atomic mass is 32.2. The fourth-order valence-electron chi connectivity index (χ4n) is 3.76. The third-order valence-electron chi connectivity index (χ3n) is 4.92. The Hall–Kier alpha value is -2.45. The highest BCUT2D eigenvalue weighted by molar-refractivity contribution is 7.88. The molecule has 1 amide bonds. The molecule has 1 saturated heterocycles. The van der Waals surface area contributed by atoms with Crippen molar-refractivity contribution in [2.45, 2.75) is 31.8 Å². The number of amides is 1. The molecule has 2 aromatic rings. The lowest BCUT2D eigenvalue weighted by Crippen LogP contribution is -2.47. The van der Waals surface area contributed by atoms with Gasteiger partial charge in [-0.1, -0.05) is 36.4 Å². The van der Waals surface area contributed by atoms with Gasteiger partial charge >= 0.3 is 6.09 Å². The average molecular weight is 421 g/mol. The summed E-state index contributed by atoms with van der Waals surface area (Å²) >= 11 is 0. The fourth-order valence-corrected chi connectivity index (χ4v) is 4.58. The molecular formula is C21H25FN2O4S. The molecule has 0 aliphatic carbocycles. The van der Waals surface area contributed by atoms with E-state index in [1.165, 1.54) is 17.0 Å². The number of rotatable bonds is 6. The van der Waals surface area contributed by atoms with Crippen LogP contribution in [0.1, 0.15) is 18.9 Å². The largest absolute Gasteiger partial charge is 0.450 e. The summed E-state index contributed by atoms with van der Waals surface area (Å²) in [5.41, 5.74) is 2.30. The summed E-state index contributed by atoms with van der Waals surface area (Å²) in [7, 11) is -3.46. The van der Waals surface area contributed by atoms with Crippen molar-refractivity contribution in [3.8, 4) is 11.1 Å². The minimum absolute atomic E-state index is 0.227. The summed E-state index contributed by atoms with van der Waals surface area (Å²) in [5.74, 6) is -0.380. The van der Waals surface area contributed by atoms with Crippen LogP contribution in [-0.4, -0.2) is 50.9 Å². The molecule has 0 saturated carbocycles. The van der Waals surface area contributed by atoms with Crippen molar-refractivity contribution >= 4 is 16.1 Å². The molecule has 1 fully saturated rings. The fraction of sp³-hybridized carbons (Fsp3) is 0.381. The summed E-state index contributed by atoms with van der Waals surface area (Å²) in [6.45, 7) is 2.32. The molecule has 29 heavy (non-hydrogen) atoms.